The second-order valence-electron chi connectivity index (χ2n) is 5.50. The van der Waals surface area contributed by atoms with E-state index in [1.807, 2.05) is 11.3 Å². The number of halogens is 1. The van der Waals surface area contributed by atoms with Gasteiger partial charge in [-0.1, -0.05) is 13.8 Å². The summed E-state index contributed by atoms with van der Waals surface area (Å²) < 4.78 is 1.22. The summed E-state index contributed by atoms with van der Waals surface area (Å²) in [6.07, 6.45) is 2.63. The molecule has 1 aliphatic rings. The van der Waals surface area contributed by atoms with Crippen LogP contribution in [0.3, 0.4) is 0 Å². The van der Waals surface area contributed by atoms with E-state index >= 15 is 0 Å². The van der Waals surface area contributed by atoms with Crippen molar-refractivity contribution in [3.63, 3.8) is 0 Å². The maximum Gasteiger partial charge on any atom is 0.0567 e. The third-order valence-electron chi connectivity index (χ3n) is 3.94. The number of nitrogens with zero attached hydrogens (tertiary/aromatic N) is 1. The Balaban J connectivity index is 2.22. The average molecular weight is 331 g/mol. The maximum atomic E-state index is 6.06. The van der Waals surface area contributed by atoms with Gasteiger partial charge >= 0.3 is 0 Å². The van der Waals surface area contributed by atoms with Crippen molar-refractivity contribution in [3.05, 3.63) is 20.3 Å². The lowest BCUT2D eigenvalue weighted by Gasteiger charge is -2.34. The van der Waals surface area contributed by atoms with Gasteiger partial charge in [0.15, 0.2) is 0 Å². The summed E-state index contributed by atoms with van der Waals surface area (Å²) in [7, 11) is 0. The Kier molecular flexibility index (Phi) is 4.86. The molecule has 2 atom stereocenters. The van der Waals surface area contributed by atoms with Crippen LogP contribution in [0.2, 0.25) is 0 Å². The van der Waals surface area contributed by atoms with Crippen molar-refractivity contribution in [2.75, 3.05) is 13.1 Å². The van der Waals surface area contributed by atoms with E-state index in [4.69, 9.17) is 5.73 Å². The topological polar surface area (TPSA) is 29.3 Å². The highest BCUT2D eigenvalue weighted by Gasteiger charge is 2.33. The van der Waals surface area contributed by atoms with Gasteiger partial charge in [-0.15, -0.1) is 11.3 Å². The fourth-order valence-electron chi connectivity index (χ4n) is 2.98. The molecule has 2 N–H and O–H groups in total. The number of nitrogens with two attached hydrogens (primary N) is 1. The van der Waals surface area contributed by atoms with Gasteiger partial charge in [-0.2, -0.15) is 0 Å². The Bertz CT molecular complexity index is 383. The fraction of sp³-hybridized carbons (Fsp3) is 0.714. The van der Waals surface area contributed by atoms with E-state index in [0.717, 1.165) is 6.54 Å². The molecule has 2 rings (SSSR count). The Hall–Kier alpha value is 0.100. The van der Waals surface area contributed by atoms with Crippen LogP contribution in [0.15, 0.2) is 10.5 Å². The first kappa shape index (κ1) is 14.5. The summed E-state index contributed by atoms with van der Waals surface area (Å²) in [6.45, 7) is 8.73. The van der Waals surface area contributed by atoms with E-state index in [1.165, 1.54) is 33.6 Å². The third-order valence-corrected chi connectivity index (χ3v) is 6.18. The second-order valence-corrected chi connectivity index (χ2v) is 7.64. The Morgan fingerprint density at radius 1 is 1.56 bits per heavy atom. The SMILES string of the molecule is Cc1sc(C(CN)N2CCCC2C(C)C)cc1Br. The molecule has 0 aliphatic carbocycles. The van der Waals surface area contributed by atoms with Crippen molar-refractivity contribution >= 4 is 27.3 Å². The molecule has 0 aromatic carbocycles. The van der Waals surface area contributed by atoms with E-state index in [1.54, 1.807) is 0 Å². The van der Waals surface area contributed by atoms with E-state index in [0.29, 0.717) is 18.0 Å². The minimum absolute atomic E-state index is 0.398. The number of likely N-dealkylation sites (tertiary alicyclic amines) is 1. The predicted molar refractivity (Wildman–Crippen MR) is 83.1 cm³/mol. The van der Waals surface area contributed by atoms with Crippen molar-refractivity contribution in [2.45, 2.75) is 45.7 Å². The zero-order chi connectivity index (χ0) is 13.3. The molecule has 0 saturated carbocycles. The third kappa shape index (κ3) is 2.82. The van der Waals surface area contributed by atoms with Crippen LogP contribution in [-0.2, 0) is 0 Å². The number of hydrogen-bond acceptors (Lipinski definition) is 3. The molecular weight excluding hydrogens is 308 g/mol. The average Bonchev–Trinajstić information content (AvgIpc) is 2.89. The monoisotopic (exact) mass is 330 g/mol. The van der Waals surface area contributed by atoms with E-state index < -0.39 is 0 Å². The van der Waals surface area contributed by atoms with Crippen molar-refractivity contribution in [3.8, 4) is 0 Å². The quantitative estimate of drug-likeness (QED) is 0.905. The van der Waals surface area contributed by atoms with Crippen molar-refractivity contribution in [1.82, 2.24) is 4.90 Å². The molecular formula is C14H23BrN2S. The summed E-state index contributed by atoms with van der Waals surface area (Å²) >= 11 is 5.50. The van der Waals surface area contributed by atoms with Crippen LogP contribution >= 0.6 is 27.3 Å². The van der Waals surface area contributed by atoms with E-state index in [2.05, 4.69) is 47.7 Å². The normalized spacial score (nSPS) is 22.9. The fourth-order valence-corrected chi connectivity index (χ4v) is 4.67. The standard InChI is InChI=1S/C14H23BrN2S/c1-9(2)12-5-4-6-17(12)13(8-16)14-7-11(15)10(3)18-14/h7,9,12-13H,4-6,8,16H2,1-3H3. The minimum Gasteiger partial charge on any atom is -0.329 e. The van der Waals surface area contributed by atoms with Gasteiger partial charge in [0.05, 0.1) is 6.04 Å². The lowest BCUT2D eigenvalue weighted by molar-refractivity contribution is 0.151. The van der Waals surface area contributed by atoms with Crippen LogP contribution in [0.5, 0.6) is 0 Å². The van der Waals surface area contributed by atoms with Gasteiger partial charge in [-0.05, 0) is 54.2 Å². The van der Waals surface area contributed by atoms with Crippen molar-refractivity contribution in [2.24, 2.45) is 11.7 Å². The van der Waals surface area contributed by atoms with Gasteiger partial charge in [0, 0.05) is 26.8 Å². The minimum atomic E-state index is 0.398. The first-order chi connectivity index (χ1) is 8.54. The van der Waals surface area contributed by atoms with Gasteiger partial charge in [0.2, 0.25) is 0 Å². The van der Waals surface area contributed by atoms with Gasteiger partial charge in [0.25, 0.3) is 0 Å². The molecule has 4 heteroatoms. The van der Waals surface area contributed by atoms with Crippen LogP contribution in [0.1, 0.15) is 42.5 Å². The van der Waals surface area contributed by atoms with Crippen LogP contribution < -0.4 is 5.73 Å². The van der Waals surface area contributed by atoms with Crippen LogP contribution in [0, 0.1) is 12.8 Å². The van der Waals surface area contributed by atoms with Crippen LogP contribution in [-0.4, -0.2) is 24.0 Å². The molecule has 1 saturated heterocycles. The number of thiophene rings is 1. The Morgan fingerprint density at radius 3 is 2.78 bits per heavy atom. The summed E-state index contributed by atoms with van der Waals surface area (Å²) in [4.78, 5) is 5.39. The molecule has 0 amide bonds. The molecule has 2 unspecified atom stereocenters. The molecule has 102 valence electrons. The van der Waals surface area contributed by atoms with Crippen LogP contribution in [0.25, 0.3) is 0 Å². The Morgan fingerprint density at radius 2 is 2.28 bits per heavy atom. The lowest BCUT2D eigenvalue weighted by atomic mass is 10.0. The van der Waals surface area contributed by atoms with Crippen molar-refractivity contribution in [1.29, 1.82) is 0 Å². The zero-order valence-corrected chi connectivity index (χ0v) is 13.9. The summed E-state index contributed by atoms with van der Waals surface area (Å²) in [5, 5.41) is 0. The van der Waals surface area contributed by atoms with Gasteiger partial charge in [-0.3, -0.25) is 4.90 Å². The molecule has 2 heterocycles. The lowest BCUT2D eigenvalue weighted by Crippen LogP contribution is -2.39. The number of aryl methyl sites for hydroxylation is 1. The summed E-state index contributed by atoms with van der Waals surface area (Å²) in [5.74, 6) is 0.714. The highest BCUT2D eigenvalue weighted by atomic mass is 79.9. The molecule has 1 aromatic rings. The largest absolute Gasteiger partial charge is 0.329 e. The predicted octanol–water partition coefficient (Wildman–Crippen LogP) is 3.94. The van der Waals surface area contributed by atoms with Gasteiger partial charge in [0.1, 0.15) is 0 Å². The first-order valence-electron chi connectivity index (χ1n) is 6.76. The smallest absolute Gasteiger partial charge is 0.0567 e. The summed E-state index contributed by atoms with van der Waals surface area (Å²) in [5.41, 5.74) is 6.06. The van der Waals surface area contributed by atoms with Gasteiger partial charge in [-0.25, -0.2) is 0 Å². The van der Waals surface area contributed by atoms with Crippen molar-refractivity contribution < 1.29 is 0 Å². The van der Waals surface area contributed by atoms with Crippen LogP contribution in [0.4, 0.5) is 0 Å². The number of rotatable bonds is 4. The molecule has 1 aliphatic heterocycles. The molecule has 0 radical (unpaired) electrons. The zero-order valence-electron chi connectivity index (χ0n) is 11.4. The molecule has 2 nitrogen and oxygen atoms in total. The Labute approximate surface area is 123 Å². The van der Waals surface area contributed by atoms with E-state index in [9.17, 15) is 0 Å². The molecule has 18 heavy (non-hydrogen) atoms. The molecule has 1 fully saturated rings. The summed E-state index contributed by atoms with van der Waals surface area (Å²) in [6, 6.07) is 3.35. The molecule has 0 bridgehead atoms. The van der Waals surface area contributed by atoms with Gasteiger partial charge < -0.3 is 5.73 Å². The molecule has 0 spiro atoms. The maximum absolute atomic E-state index is 6.06. The van der Waals surface area contributed by atoms with E-state index in [-0.39, 0.29) is 0 Å². The first-order valence-corrected chi connectivity index (χ1v) is 8.37. The highest BCUT2D eigenvalue weighted by molar-refractivity contribution is 9.10. The second kappa shape index (κ2) is 6.04. The molecule has 1 aromatic heterocycles. The highest BCUT2D eigenvalue weighted by Crippen LogP contribution is 2.37. The number of hydrogen-bond donors (Lipinski definition) is 1.